The molecule has 0 radical (unpaired) electrons. The minimum absolute atomic E-state index is 0.0981. The van der Waals surface area contributed by atoms with E-state index in [-0.39, 0.29) is 12.6 Å². The Morgan fingerprint density at radius 3 is 2.88 bits per heavy atom. The Balaban J connectivity index is 1.73. The van der Waals surface area contributed by atoms with Gasteiger partial charge in [-0.25, -0.2) is 4.79 Å². The summed E-state index contributed by atoms with van der Waals surface area (Å²) in [5.74, 6) is 1.91. The van der Waals surface area contributed by atoms with Crippen molar-refractivity contribution in [1.29, 1.82) is 0 Å². The quantitative estimate of drug-likeness (QED) is 0.744. The van der Waals surface area contributed by atoms with Gasteiger partial charge in [-0.1, -0.05) is 6.92 Å². The maximum atomic E-state index is 12.0. The third-order valence-corrected chi connectivity index (χ3v) is 4.73. The molecule has 1 aliphatic rings. The van der Waals surface area contributed by atoms with Crippen molar-refractivity contribution in [3.8, 4) is 0 Å². The van der Waals surface area contributed by atoms with Crippen LogP contribution < -0.4 is 10.6 Å². The average molecular weight is 337 g/mol. The van der Waals surface area contributed by atoms with Gasteiger partial charge in [0.15, 0.2) is 0 Å². The fourth-order valence-electron chi connectivity index (χ4n) is 3.12. The van der Waals surface area contributed by atoms with Crippen LogP contribution in [0.3, 0.4) is 0 Å². The minimum atomic E-state index is -1.22. The van der Waals surface area contributed by atoms with Gasteiger partial charge in [-0.3, -0.25) is 4.90 Å². The van der Waals surface area contributed by atoms with Crippen molar-refractivity contribution in [3.63, 3.8) is 0 Å². The van der Waals surface area contributed by atoms with Gasteiger partial charge in [-0.15, -0.1) is 0 Å². The minimum Gasteiger partial charge on any atom is -0.463 e. The van der Waals surface area contributed by atoms with Crippen molar-refractivity contribution in [1.82, 2.24) is 15.5 Å². The first-order chi connectivity index (χ1) is 11.3. The van der Waals surface area contributed by atoms with Crippen LogP contribution in [0.25, 0.3) is 0 Å². The van der Waals surface area contributed by atoms with E-state index >= 15 is 0 Å². The first-order valence-corrected chi connectivity index (χ1v) is 8.83. The fourth-order valence-corrected chi connectivity index (χ4v) is 3.12. The molecule has 1 fully saturated rings. The number of carbonyl (C=O) groups excluding carboxylic acids is 1. The molecule has 0 aliphatic carbocycles. The van der Waals surface area contributed by atoms with Gasteiger partial charge in [-0.2, -0.15) is 0 Å². The number of piperidine rings is 1. The molecule has 136 valence electrons. The highest BCUT2D eigenvalue weighted by Gasteiger charge is 2.27. The van der Waals surface area contributed by atoms with E-state index in [4.69, 9.17) is 4.42 Å². The molecule has 6 heteroatoms. The molecular weight excluding hydrogens is 306 g/mol. The molecule has 2 amide bonds. The van der Waals surface area contributed by atoms with Crippen molar-refractivity contribution in [2.45, 2.75) is 52.2 Å². The molecule has 3 atom stereocenters. The van der Waals surface area contributed by atoms with E-state index in [0.717, 1.165) is 24.8 Å². The largest absolute Gasteiger partial charge is 0.463 e. The Kier molecular flexibility index (Phi) is 6.29. The van der Waals surface area contributed by atoms with Gasteiger partial charge in [0.25, 0.3) is 0 Å². The molecule has 3 N–H and O–H groups in total. The molecule has 1 saturated heterocycles. The molecule has 0 spiro atoms. The fraction of sp³-hybridized carbons (Fsp3) is 0.722. The summed E-state index contributed by atoms with van der Waals surface area (Å²) in [7, 11) is 0. The molecule has 1 aromatic heterocycles. The van der Waals surface area contributed by atoms with Crippen LogP contribution in [0.4, 0.5) is 4.79 Å². The van der Waals surface area contributed by atoms with E-state index in [9.17, 15) is 9.90 Å². The summed E-state index contributed by atoms with van der Waals surface area (Å²) in [5.41, 5.74) is -1.22. The molecular formula is C18H31N3O3. The van der Waals surface area contributed by atoms with Crippen LogP contribution in [-0.4, -0.2) is 48.3 Å². The summed E-state index contributed by atoms with van der Waals surface area (Å²) >= 11 is 0. The predicted molar refractivity (Wildman–Crippen MR) is 93.9 cm³/mol. The molecule has 3 unspecified atom stereocenters. The lowest BCUT2D eigenvalue weighted by Gasteiger charge is -2.35. The smallest absolute Gasteiger partial charge is 0.314 e. The maximum absolute atomic E-state index is 12.0. The van der Waals surface area contributed by atoms with Crippen molar-refractivity contribution in [3.05, 3.63) is 23.7 Å². The van der Waals surface area contributed by atoms with Gasteiger partial charge in [0.2, 0.25) is 0 Å². The molecule has 1 aliphatic heterocycles. The van der Waals surface area contributed by atoms with Gasteiger partial charge in [0.05, 0.1) is 6.54 Å². The highest BCUT2D eigenvalue weighted by atomic mass is 16.4. The van der Waals surface area contributed by atoms with Gasteiger partial charge in [0.1, 0.15) is 17.1 Å². The number of urea groups is 1. The van der Waals surface area contributed by atoms with Crippen molar-refractivity contribution in [2.75, 3.05) is 26.2 Å². The topological polar surface area (TPSA) is 77.7 Å². The van der Waals surface area contributed by atoms with Crippen LogP contribution in [-0.2, 0) is 5.60 Å². The summed E-state index contributed by atoms with van der Waals surface area (Å²) in [4.78, 5) is 14.4. The van der Waals surface area contributed by atoms with E-state index in [2.05, 4.69) is 29.4 Å². The number of nitrogens with one attached hydrogen (secondary N) is 2. The highest BCUT2D eigenvalue weighted by Crippen LogP contribution is 2.22. The molecule has 2 heterocycles. The monoisotopic (exact) mass is 337 g/mol. The van der Waals surface area contributed by atoms with E-state index in [1.54, 1.807) is 19.1 Å². The number of nitrogens with zero attached hydrogens (tertiary/aromatic N) is 1. The predicted octanol–water partition coefficient (Wildman–Crippen LogP) is 2.22. The van der Waals surface area contributed by atoms with E-state index in [1.807, 2.05) is 6.92 Å². The van der Waals surface area contributed by atoms with Crippen LogP contribution >= 0.6 is 0 Å². The molecule has 6 nitrogen and oxygen atoms in total. The normalized spacial score (nSPS) is 22.6. The van der Waals surface area contributed by atoms with Crippen LogP contribution in [0.5, 0.6) is 0 Å². The first-order valence-electron chi connectivity index (χ1n) is 8.83. The third-order valence-electron chi connectivity index (χ3n) is 4.73. The van der Waals surface area contributed by atoms with Crippen LogP contribution in [0.2, 0.25) is 0 Å². The molecule has 2 rings (SSSR count). The summed E-state index contributed by atoms with van der Waals surface area (Å²) in [6.07, 6.45) is 2.52. The molecule has 0 aromatic carbocycles. The van der Waals surface area contributed by atoms with Crippen molar-refractivity contribution < 1.29 is 14.3 Å². The Hall–Kier alpha value is -1.53. The van der Waals surface area contributed by atoms with E-state index in [0.29, 0.717) is 18.3 Å². The number of aryl methyl sites for hydroxylation is 1. The molecule has 0 bridgehead atoms. The zero-order valence-electron chi connectivity index (χ0n) is 15.3. The standard InChI is InChI=1S/C18H31N3O3/c1-13-6-5-9-21(11-13)14(2)10-19-17(22)20-12-18(4,23)16-8-7-15(3)24-16/h7-8,13-14,23H,5-6,9-12H2,1-4H3,(H2,19,20,22). The lowest BCUT2D eigenvalue weighted by atomic mass is 9.99. The van der Waals surface area contributed by atoms with Crippen molar-refractivity contribution in [2.24, 2.45) is 5.92 Å². The van der Waals surface area contributed by atoms with Crippen molar-refractivity contribution >= 4 is 6.03 Å². The zero-order valence-corrected chi connectivity index (χ0v) is 15.3. The van der Waals surface area contributed by atoms with Gasteiger partial charge >= 0.3 is 6.03 Å². The first kappa shape index (κ1) is 18.8. The van der Waals surface area contributed by atoms with Crippen LogP contribution in [0, 0.1) is 12.8 Å². The zero-order chi connectivity index (χ0) is 17.7. The average Bonchev–Trinajstić information content (AvgIpc) is 2.98. The SMILES string of the molecule is Cc1ccc(C(C)(O)CNC(=O)NCC(C)N2CCCC(C)C2)o1. The summed E-state index contributed by atoms with van der Waals surface area (Å²) < 4.78 is 5.44. The van der Waals surface area contributed by atoms with Crippen LogP contribution in [0.15, 0.2) is 16.5 Å². The number of hydrogen-bond acceptors (Lipinski definition) is 4. The molecule has 0 saturated carbocycles. The number of hydrogen-bond donors (Lipinski definition) is 3. The second-order valence-electron chi connectivity index (χ2n) is 7.34. The van der Waals surface area contributed by atoms with Gasteiger partial charge < -0.3 is 20.2 Å². The van der Waals surface area contributed by atoms with E-state index < -0.39 is 5.60 Å². The Bertz CT molecular complexity index is 541. The molecule has 24 heavy (non-hydrogen) atoms. The lowest BCUT2D eigenvalue weighted by molar-refractivity contribution is 0.0359. The highest BCUT2D eigenvalue weighted by molar-refractivity contribution is 5.73. The maximum Gasteiger partial charge on any atom is 0.314 e. The Labute approximate surface area is 144 Å². The second-order valence-corrected chi connectivity index (χ2v) is 7.34. The summed E-state index contributed by atoms with van der Waals surface area (Å²) in [6.45, 7) is 10.8. The number of aliphatic hydroxyl groups is 1. The Morgan fingerprint density at radius 2 is 2.25 bits per heavy atom. The third kappa shape index (κ3) is 5.24. The number of likely N-dealkylation sites (tertiary alicyclic amines) is 1. The van der Waals surface area contributed by atoms with E-state index in [1.165, 1.54) is 12.8 Å². The van der Waals surface area contributed by atoms with Crippen LogP contribution in [0.1, 0.15) is 45.1 Å². The second kappa shape index (κ2) is 8.03. The van der Waals surface area contributed by atoms with Gasteiger partial charge in [-0.05, 0) is 58.2 Å². The number of carbonyl (C=O) groups is 1. The summed E-state index contributed by atoms with van der Waals surface area (Å²) in [5, 5.41) is 16.0. The summed E-state index contributed by atoms with van der Waals surface area (Å²) in [6, 6.07) is 3.57. The lowest BCUT2D eigenvalue weighted by Crippen LogP contribution is -2.49. The number of rotatable bonds is 6. The molecule has 1 aromatic rings. The number of amides is 2. The number of furan rings is 1. The van der Waals surface area contributed by atoms with Gasteiger partial charge in [0, 0.05) is 19.1 Å². The Morgan fingerprint density at radius 1 is 1.50 bits per heavy atom.